The maximum absolute atomic E-state index is 12.2. The molecule has 94 valence electrons. The number of pyridine rings is 1. The molecule has 2 aromatic heterocycles. The number of nitrogen functional groups attached to an aromatic ring is 1. The lowest BCUT2D eigenvalue weighted by Crippen LogP contribution is -2.24. The first-order valence-electron chi connectivity index (χ1n) is 5.77. The molecule has 0 aliphatic carbocycles. The maximum Gasteiger partial charge on any atom is 0.277 e. The van der Waals surface area contributed by atoms with Crippen molar-refractivity contribution in [3.05, 3.63) is 58.5 Å². The van der Waals surface area contributed by atoms with Crippen LogP contribution < -0.4 is 11.3 Å². The van der Waals surface area contributed by atoms with Crippen LogP contribution in [0.4, 0.5) is 5.82 Å². The third-order valence-corrected chi connectivity index (χ3v) is 2.81. The minimum Gasteiger partial charge on any atom is -0.384 e. The number of nitrogens with zero attached hydrogens (tertiary/aromatic N) is 4. The molecule has 19 heavy (non-hydrogen) atoms. The van der Waals surface area contributed by atoms with Crippen LogP contribution in [0.1, 0.15) is 5.56 Å². The molecule has 2 heterocycles. The van der Waals surface area contributed by atoms with Crippen molar-refractivity contribution in [1.82, 2.24) is 20.0 Å². The van der Waals surface area contributed by atoms with Gasteiger partial charge < -0.3 is 5.73 Å². The fourth-order valence-corrected chi connectivity index (χ4v) is 1.83. The Labute approximate surface area is 108 Å². The van der Waals surface area contributed by atoms with E-state index in [0.717, 1.165) is 5.56 Å². The van der Waals surface area contributed by atoms with Crippen LogP contribution in [0, 0.1) is 0 Å². The van der Waals surface area contributed by atoms with Crippen molar-refractivity contribution < 1.29 is 0 Å². The third kappa shape index (κ3) is 2.15. The molecule has 0 spiro atoms. The predicted octanol–water partition coefficient (Wildman–Crippen LogP) is 0.817. The molecule has 0 aliphatic heterocycles. The minimum atomic E-state index is -0.164. The molecular weight excluding hydrogens is 242 g/mol. The smallest absolute Gasteiger partial charge is 0.277 e. The molecule has 0 saturated heterocycles. The van der Waals surface area contributed by atoms with Gasteiger partial charge in [-0.1, -0.05) is 23.4 Å². The topological polar surface area (TPSA) is 86.7 Å². The minimum absolute atomic E-state index is 0.164. The Morgan fingerprint density at radius 1 is 1.16 bits per heavy atom. The van der Waals surface area contributed by atoms with Crippen molar-refractivity contribution in [2.75, 3.05) is 5.73 Å². The number of aromatic nitrogens is 4. The molecule has 0 fully saturated rings. The Hall–Kier alpha value is -2.76. The van der Waals surface area contributed by atoms with E-state index < -0.39 is 0 Å². The first-order chi connectivity index (χ1) is 9.24. The molecule has 0 bridgehead atoms. The van der Waals surface area contributed by atoms with Crippen LogP contribution in [0.15, 0.2) is 47.4 Å². The van der Waals surface area contributed by atoms with Crippen molar-refractivity contribution in [2.45, 2.75) is 6.54 Å². The summed E-state index contributed by atoms with van der Waals surface area (Å²) in [5.41, 5.74) is 6.80. The van der Waals surface area contributed by atoms with E-state index >= 15 is 0 Å². The molecule has 0 radical (unpaired) electrons. The zero-order valence-corrected chi connectivity index (χ0v) is 10.0. The van der Waals surface area contributed by atoms with Crippen LogP contribution in [0.2, 0.25) is 0 Å². The highest BCUT2D eigenvalue weighted by Gasteiger charge is 2.05. The monoisotopic (exact) mass is 253 g/mol. The Kier molecular flexibility index (Phi) is 2.68. The molecule has 0 amide bonds. The molecule has 3 rings (SSSR count). The van der Waals surface area contributed by atoms with Gasteiger partial charge in [-0.3, -0.25) is 4.79 Å². The molecule has 2 N–H and O–H groups in total. The number of benzene rings is 1. The first-order valence-corrected chi connectivity index (χ1v) is 5.77. The van der Waals surface area contributed by atoms with Crippen molar-refractivity contribution >= 4 is 16.7 Å². The van der Waals surface area contributed by atoms with Crippen molar-refractivity contribution in [1.29, 1.82) is 0 Å². The lowest BCUT2D eigenvalue weighted by atomic mass is 10.2. The second kappa shape index (κ2) is 4.49. The molecule has 0 saturated carbocycles. The molecule has 0 atom stereocenters. The zero-order valence-electron chi connectivity index (χ0n) is 10.0. The SMILES string of the molecule is Nc1ccc(Cn2nnc3ccccc3c2=O)cn1. The van der Waals surface area contributed by atoms with E-state index in [1.54, 1.807) is 30.5 Å². The van der Waals surface area contributed by atoms with Gasteiger partial charge in [-0.25, -0.2) is 9.67 Å². The molecular formula is C13H11N5O. The predicted molar refractivity (Wildman–Crippen MR) is 71.5 cm³/mol. The summed E-state index contributed by atoms with van der Waals surface area (Å²) in [5.74, 6) is 0.445. The molecule has 1 aromatic carbocycles. The Bertz CT molecular complexity index is 779. The molecule has 3 aromatic rings. The Balaban J connectivity index is 2.04. The highest BCUT2D eigenvalue weighted by Crippen LogP contribution is 2.05. The summed E-state index contributed by atoms with van der Waals surface area (Å²) in [5, 5.41) is 8.50. The summed E-state index contributed by atoms with van der Waals surface area (Å²) in [6.45, 7) is 0.323. The fourth-order valence-electron chi connectivity index (χ4n) is 1.83. The van der Waals surface area contributed by atoms with E-state index in [9.17, 15) is 4.79 Å². The third-order valence-electron chi connectivity index (χ3n) is 2.81. The Morgan fingerprint density at radius 3 is 2.79 bits per heavy atom. The van der Waals surface area contributed by atoms with E-state index in [4.69, 9.17) is 5.73 Å². The lowest BCUT2D eigenvalue weighted by molar-refractivity contribution is 0.600. The van der Waals surface area contributed by atoms with Crippen LogP contribution >= 0.6 is 0 Å². The number of anilines is 1. The van der Waals surface area contributed by atoms with Crippen LogP contribution in [0.25, 0.3) is 10.9 Å². The number of hydrogen-bond acceptors (Lipinski definition) is 5. The summed E-state index contributed by atoms with van der Waals surface area (Å²) < 4.78 is 1.32. The van der Waals surface area contributed by atoms with Gasteiger partial charge in [0.05, 0.1) is 11.9 Å². The average molecular weight is 253 g/mol. The summed E-state index contributed by atoms with van der Waals surface area (Å²) in [6, 6.07) is 10.6. The summed E-state index contributed by atoms with van der Waals surface area (Å²) in [6.07, 6.45) is 1.62. The van der Waals surface area contributed by atoms with Gasteiger partial charge in [0.25, 0.3) is 5.56 Å². The van der Waals surface area contributed by atoms with Crippen molar-refractivity contribution in [3.8, 4) is 0 Å². The van der Waals surface area contributed by atoms with Crippen LogP contribution in [0.5, 0.6) is 0 Å². The second-order valence-corrected chi connectivity index (χ2v) is 4.16. The van der Waals surface area contributed by atoms with E-state index in [0.29, 0.717) is 23.3 Å². The van der Waals surface area contributed by atoms with E-state index in [2.05, 4.69) is 15.3 Å². The van der Waals surface area contributed by atoms with Crippen LogP contribution in [-0.4, -0.2) is 20.0 Å². The van der Waals surface area contributed by atoms with Gasteiger partial charge in [0.15, 0.2) is 0 Å². The standard InChI is InChI=1S/C13H11N5O/c14-12-6-5-9(7-15-12)8-18-13(19)10-3-1-2-4-11(10)16-17-18/h1-7H,8H2,(H2,14,15). The number of fused-ring (bicyclic) bond motifs is 1. The second-order valence-electron chi connectivity index (χ2n) is 4.16. The van der Waals surface area contributed by atoms with Gasteiger partial charge in [-0.2, -0.15) is 0 Å². The van der Waals surface area contributed by atoms with E-state index in [1.165, 1.54) is 4.68 Å². The van der Waals surface area contributed by atoms with Gasteiger partial charge >= 0.3 is 0 Å². The molecule has 6 nitrogen and oxygen atoms in total. The van der Waals surface area contributed by atoms with Crippen LogP contribution in [-0.2, 0) is 6.54 Å². The first kappa shape index (κ1) is 11.3. The fraction of sp³-hybridized carbons (Fsp3) is 0.0769. The maximum atomic E-state index is 12.2. The quantitative estimate of drug-likeness (QED) is 0.730. The van der Waals surface area contributed by atoms with Crippen molar-refractivity contribution in [2.24, 2.45) is 0 Å². The Morgan fingerprint density at radius 2 is 2.00 bits per heavy atom. The highest BCUT2D eigenvalue weighted by molar-refractivity contribution is 5.76. The van der Waals surface area contributed by atoms with Gasteiger partial charge in [-0.15, -0.1) is 5.10 Å². The lowest BCUT2D eigenvalue weighted by Gasteiger charge is -2.04. The van der Waals surface area contributed by atoms with E-state index in [-0.39, 0.29) is 5.56 Å². The number of nitrogens with two attached hydrogens (primary N) is 1. The number of rotatable bonds is 2. The molecule has 0 aliphatic rings. The largest absolute Gasteiger partial charge is 0.384 e. The highest BCUT2D eigenvalue weighted by atomic mass is 16.1. The molecule has 6 heteroatoms. The van der Waals surface area contributed by atoms with Crippen LogP contribution in [0.3, 0.4) is 0 Å². The molecule has 0 unspecified atom stereocenters. The van der Waals surface area contributed by atoms with Gasteiger partial charge in [-0.05, 0) is 23.8 Å². The van der Waals surface area contributed by atoms with Gasteiger partial charge in [0, 0.05) is 6.20 Å². The average Bonchev–Trinajstić information content (AvgIpc) is 2.45. The summed E-state index contributed by atoms with van der Waals surface area (Å²) in [7, 11) is 0. The van der Waals surface area contributed by atoms with E-state index in [1.807, 2.05) is 12.1 Å². The zero-order chi connectivity index (χ0) is 13.2. The van der Waals surface area contributed by atoms with Gasteiger partial charge in [0.1, 0.15) is 11.3 Å². The summed E-state index contributed by atoms with van der Waals surface area (Å²) >= 11 is 0. The number of hydrogen-bond donors (Lipinski definition) is 1. The summed E-state index contributed by atoms with van der Waals surface area (Å²) in [4.78, 5) is 16.2. The normalized spacial score (nSPS) is 10.7. The van der Waals surface area contributed by atoms with Gasteiger partial charge in [0.2, 0.25) is 0 Å². The van der Waals surface area contributed by atoms with Crippen molar-refractivity contribution in [3.63, 3.8) is 0 Å².